The van der Waals surface area contributed by atoms with E-state index in [0.29, 0.717) is 5.69 Å². The van der Waals surface area contributed by atoms with E-state index in [9.17, 15) is 19.8 Å². The lowest BCUT2D eigenvalue weighted by atomic mass is 10.1. The van der Waals surface area contributed by atoms with Crippen LogP contribution in [0.5, 0.6) is 0 Å². The average Bonchev–Trinajstić information content (AvgIpc) is 2.69. The molecular formula is C11H16N2O5S. The van der Waals surface area contributed by atoms with Crippen LogP contribution in [0.4, 0.5) is 0 Å². The topological polar surface area (TPSA) is 123 Å². The van der Waals surface area contributed by atoms with Gasteiger partial charge in [0.2, 0.25) is 5.91 Å². The number of thiazole rings is 1. The largest absolute Gasteiger partial charge is 0.462 e. The summed E-state index contributed by atoms with van der Waals surface area (Å²) < 4.78 is 4.84. The quantitative estimate of drug-likeness (QED) is 0.628. The Bertz CT molecular complexity index is 474. The highest BCUT2D eigenvalue weighted by Gasteiger charge is 2.26. The Morgan fingerprint density at radius 3 is 2.63 bits per heavy atom. The molecule has 0 radical (unpaired) electrons. The summed E-state index contributed by atoms with van der Waals surface area (Å²) >= 11 is 0.923. The molecule has 0 spiro atoms. The number of primary amides is 1. The number of nitrogens with two attached hydrogens (primary N) is 1. The molecule has 8 heteroatoms. The van der Waals surface area contributed by atoms with Crippen LogP contribution in [0.1, 0.15) is 39.8 Å². The first-order chi connectivity index (χ1) is 8.86. The summed E-state index contributed by atoms with van der Waals surface area (Å²) in [6.45, 7) is 3.51. The molecule has 1 aromatic rings. The van der Waals surface area contributed by atoms with Crippen molar-refractivity contribution in [2.45, 2.75) is 32.5 Å². The van der Waals surface area contributed by atoms with Gasteiger partial charge < -0.3 is 20.7 Å². The van der Waals surface area contributed by atoms with Crippen molar-refractivity contribution in [2.75, 3.05) is 6.61 Å². The zero-order valence-corrected chi connectivity index (χ0v) is 11.4. The lowest BCUT2D eigenvalue weighted by Crippen LogP contribution is -2.25. The third kappa shape index (κ3) is 3.98. The summed E-state index contributed by atoms with van der Waals surface area (Å²) in [4.78, 5) is 26.5. The molecule has 0 aliphatic heterocycles. The number of aliphatic hydroxyl groups is 2. The highest BCUT2D eigenvalue weighted by molar-refractivity contribution is 7.13. The molecule has 106 valence electrons. The number of esters is 1. The minimum absolute atomic E-state index is 0.148. The molecule has 1 amide bonds. The summed E-state index contributed by atoms with van der Waals surface area (Å²) in [5.74, 6) is -1.26. The SMILES string of the molecule is CCOC(=O)c1sc(C(O)C(O)CC(N)=O)nc1C. The third-order valence-corrected chi connectivity index (χ3v) is 3.51. The number of ether oxygens (including phenoxy) is 1. The van der Waals surface area contributed by atoms with Gasteiger partial charge in [-0.05, 0) is 13.8 Å². The predicted molar refractivity (Wildman–Crippen MR) is 67.6 cm³/mol. The second kappa shape index (κ2) is 6.60. The molecule has 0 bridgehead atoms. The van der Waals surface area contributed by atoms with Crippen LogP contribution in [0.2, 0.25) is 0 Å². The van der Waals surface area contributed by atoms with Gasteiger partial charge in [0.05, 0.1) is 24.8 Å². The van der Waals surface area contributed by atoms with Crippen molar-refractivity contribution in [3.63, 3.8) is 0 Å². The smallest absolute Gasteiger partial charge is 0.350 e. The van der Waals surface area contributed by atoms with Gasteiger partial charge in [-0.15, -0.1) is 11.3 Å². The second-order valence-corrected chi connectivity index (χ2v) is 4.90. The van der Waals surface area contributed by atoms with Crippen LogP contribution in [0.15, 0.2) is 0 Å². The molecule has 0 aromatic carbocycles. The number of nitrogens with zero attached hydrogens (tertiary/aromatic N) is 1. The fraction of sp³-hybridized carbons (Fsp3) is 0.545. The Labute approximate surface area is 114 Å². The third-order valence-electron chi connectivity index (χ3n) is 2.30. The van der Waals surface area contributed by atoms with Crippen LogP contribution in [0.25, 0.3) is 0 Å². The minimum Gasteiger partial charge on any atom is -0.462 e. The van der Waals surface area contributed by atoms with Crippen molar-refractivity contribution >= 4 is 23.2 Å². The summed E-state index contributed by atoms with van der Waals surface area (Å²) in [6, 6.07) is 0. The summed E-state index contributed by atoms with van der Waals surface area (Å²) in [7, 11) is 0. The number of aromatic nitrogens is 1. The molecule has 0 saturated carbocycles. The van der Waals surface area contributed by atoms with Gasteiger partial charge >= 0.3 is 5.97 Å². The van der Waals surface area contributed by atoms with Crippen molar-refractivity contribution in [1.82, 2.24) is 4.98 Å². The van der Waals surface area contributed by atoms with Crippen LogP contribution in [-0.2, 0) is 9.53 Å². The highest BCUT2D eigenvalue weighted by Crippen LogP contribution is 2.27. The molecule has 1 heterocycles. The van der Waals surface area contributed by atoms with Crippen LogP contribution >= 0.6 is 11.3 Å². The number of carbonyl (C=O) groups is 2. The molecule has 7 nitrogen and oxygen atoms in total. The fourth-order valence-corrected chi connectivity index (χ4v) is 2.42. The molecule has 4 N–H and O–H groups in total. The molecular weight excluding hydrogens is 272 g/mol. The number of aryl methyl sites for hydroxylation is 1. The van der Waals surface area contributed by atoms with Gasteiger partial charge in [0, 0.05) is 0 Å². The fourth-order valence-electron chi connectivity index (χ4n) is 1.41. The first-order valence-corrected chi connectivity index (χ1v) is 6.47. The Hall–Kier alpha value is -1.51. The van der Waals surface area contributed by atoms with E-state index < -0.39 is 24.1 Å². The van der Waals surface area contributed by atoms with E-state index >= 15 is 0 Å². The zero-order chi connectivity index (χ0) is 14.6. The van der Waals surface area contributed by atoms with Crippen molar-refractivity contribution < 1.29 is 24.5 Å². The molecule has 0 fully saturated rings. The lowest BCUT2D eigenvalue weighted by Gasteiger charge is -2.13. The normalized spacial score (nSPS) is 13.9. The van der Waals surface area contributed by atoms with Crippen LogP contribution in [0.3, 0.4) is 0 Å². The first-order valence-electron chi connectivity index (χ1n) is 5.65. The molecule has 2 atom stereocenters. The summed E-state index contributed by atoms with van der Waals surface area (Å²) in [6.07, 6.45) is -3.09. The molecule has 1 aromatic heterocycles. The molecule has 0 aliphatic carbocycles. The molecule has 2 unspecified atom stereocenters. The molecule has 0 aliphatic rings. The number of rotatable bonds is 6. The summed E-state index contributed by atoms with van der Waals surface area (Å²) in [5, 5.41) is 19.6. The van der Waals surface area contributed by atoms with Gasteiger partial charge in [-0.1, -0.05) is 0 Å². The Morgan fingerprint density at radius 2 is 2.11 bits per heavy atom. The maximum absolute atomic E-state index is 11.6. The van der Waals surface area contributed by atoms with E-state index in [1.807, 2.05) is 0 Å². The van der Waals surface area contributed by atoms with Gasteiger partial charge in [0.15, 0.2) is 0 Å². The Morgan fingerprint density at radius 1 is 1.47 bits per heavy atom. The van der Waals surface area contributed by atoms with E-state index in [4.69, 9.17) is 10.5 Å². The van der Waals surface area contributed by atoms with E-state index in [-0.39, 0.29) is 22.9 Å². The number of aliphatic hydroxyl groups excluding tert-OH is 2. The van der Waals surface area contributed by atoms with Gasteiger partial charge in [0.1, 0.15) is 16.0 Å². The van der Waals surface area contributed by atoms with Crippen molar-refractivity contribution in [3.05, 3.63) is 15.6 Å². The van der Waals surface area contributed by atoms with Crippen LogP contribution < -0.4 is 5.73 Å². The Kier molecular flexibility index (Phi) is 5.40. The van der Waals surface area contributed by atoms with Crippen molar-refractivity contribution in [3.8, 4) is 0 Å². The maximum atomic E-state index is 11.6. The summed E-state index contributed by atoms with van der Waals surface area (Å²) in [5.41, 5.74) is 5.34. The van der Waals surface area contributed by atoms with Gasteiger partial charge in [-0.3, -0.25) is 4.79 Å². The first kappa shape index (κ1) is 15.5. The Balaban J connectivity index is 2.88. The molecule has 0 saturated heterocycles. The molecule has 19 heavy (non-hydrogen) atoms. The second-order valence-electron chi connectivity index (χ2n) is 3.87. The van der Waals surface area contributed by atoms with E-state index in [1.54, 1.807) is 13.8 Å². The average molecular weight is 288 g/mol. The van der Waals surface area contributed by atoms with E-state index in [2.05, 4.69) is 4.98 Å². The van der Waals surface area contributed by atoms with E-state index in [1.165, 1.54) is 0 Å². The maximum Gasteiger partial charge on any atom is 0.350 e. The highest BCUT2D eigenvalue weighted by atomic mass is 32.1. The van der Waals surface area contributed by atoms with Gasteiger partial charge in [-0.25, -0.2) is 9.78 Å². The van der Waals surface area contributed by atoms with Crippen LogP contribution in [-0.4, -0.2) is 39.8 Å². The lowest BCUT2D eigenvalue weighted by molar-refractivity contribution is -0.121. The number of amides is 1. The monoisotopic (exact) mass is 288 g/mol. The number of hydrogen-bond acceptors (Lipinski definition) is 7. The number of hydrogen-bond donors (Lipinski definition) is 3. The standard InChI is InChI=1S/C11H16N2O5S/c1-3-18-11(17)9-5(2)13-10(19-9)8(16)6(14)4-7(12)15/h6,8,14,16H,3-4H2,1-2H3,(H2,12,15). The zero-order valence-electron chi connectivity index (χ0n) is 10.6. The van der Waals surface area contributed by atoms with Crippen LogP contribution in [0, 0.1) is 6.92 Å². The molecule has 1 rings (SSSR count). The van der Waals surface area contributed by atoms with Gasteiger partial charge in [-0.2, -0.15) is 0 Å². The predicted octanol–water partition coefficient (Wildman–Crippen LogP) is -0.102. The van der Waals surface area contributed by atoms with E-state index in [0.717, 1.165) is 11.3 Å². The van der Waals surface area contributed by atoms with Gasteiger partial charge in [0.25, 0.3) is 0 Å². The number of carbonyl (C=O) groups excluding carboxylic acids is 2. The minimum atomic E-state index is -1.36. The van der Waals surface area contributed by atoms with Crippen molar-refractivity contribution in [1.29, 1.82) is 0 Å². The van der Waals surface area contributed by atoms with Crippen molar-refractivity contribution in [2.24, 2.45) is 5.73 Å².